The first kappa shape index (κ1) is 9.96. The van der Waals surface area contributed by atoms with Crippen LogP contribution in [0.2, 0.25) is 0 Å². The van der Waals surface area contributed by atoms with Gasteiger partial charge in [-0.25, -0.2) is 0 Å². The average Bonchev–Trinajstić information content (AvgIpc) is 1.82. The lowest BCUT2D eigenvalue weighted by molar-refractivity contribution is -0.112. The monoisotopic (exact) mass is 162 g/mol. The highest BCUT2D eigenvalue weighted by Gasteiger charge is 2.04. The maximum Gasteiger partial charge on any atom is 0.221 e. The van der Waals surface area contributed by atoms with Gasteiger partial charge >= 0.3 is 0 Å². The Labute approximate surface area is 67.8 Å². The normalized spacial score (nSPS) is 13.1. The molecule has 0 fully saturated rings. The van der Waals surface area contributed by atoms with Crippen LogP contribution in [-0.4, -0.2) is 5.24 Å². The number of unbranched alkanes of at least 4 members (excludes halogenated alkanes) is 1. The van der Waals surface area contributed by atoms with E-state index < -0.39 is 0 Å². The minimum absolute atomic E-state index is 0.205. The molecule has 60 valence electrons. The average molecular weight is 163 g/mol. The lowest BCUT2D eigenvalue weighted by Crippen LogP contribution is -1.99. The molecule has 1 unspecified atom stereocenters. The SMILES string of the molecule is CCCCC(C)CC(=O)Cl. The largest absolute Gasteiger partial charge is 0.281 e. The van der Waals surface area contributed by atoms with E-state index in [1.165, 1.54) is 12.8 Å². The van der Waals surface area contributed by atoms with E-state index in [9.17, 15) is 4.79 Å². The predicted molar refractivity (Wildman–Crippen MR) is 44.2 cm³/mol. The van der Waals surface area contributed by atoms with E-state index in [0.717, 1.165) is 6.42 Å². The van der Waals surface area contributed by atoms with Crippen LogP contribution in [0.4, 0.5) is 0 Å². The van der Waals surface area contributed by atoms with E-state index in [1.807, 2.05) is 0 Å². The molecule has 0 radical (unpaired) electrons. The maximum absolute atomic E-state index is 10.4. The fourth-order valence-corrected chi connectivity index (χ4v) is 1.19. The zero-order chi connectivity index (χ0) is 7.98. The predicted octanol–water partition coefficient (Wildman–Crippen LogP) is 2.97. The number of halogens is 1. The van der Waals surface area contributed by atoms with Gasteiger partial charge in [-0.1, -0.05) is 33.1 Å². The summed E-state index contributed by atoms with van der Waals surface area (Å²) in [6, 6.07) is 0. The Balaban J connectivity index is 3.25. The summed E-state index contributed by atoms with van der Waals surface area (Å²) in [6.07, 6.45) is 4.04. The van der Waals surface area contributed by atoms with Crippen molar-refractivity contribution in [1.29, 1.82) is 0 Å². The van der Waals surface area contributed by atoms with Gasteiger partial charge in [-0.05, 0) is 17.5 Å². The molecule has 0 saturated carbocycles. The van der Waals surface area contributed by atoms with Crippen LogP contribution >= 0.6 is 11.6 Å². The standard InChI is InChI=1S/C8H15ClO/c1-3-4-5-7(2)6-8(9)10/h7H,3-6H2,1-2H3. The van der Waals surface area contributed by atoms with Crippen molar-refractivity contribution in [3.63, 3.8) is 0 Å². The van der Waals surface area contributed by atoms with E-state index in [1.54, 1.807) is 0 Å². The van der Waals surface area contributed by atoms with Gasteiger partial charge in [-0.15, -0.1) is 0 Å². The van der Waals surface area contributed by atoms with Crippen LogP contribution in [0, 0.1) is 5.92 Å². The molecular formula is C8H15ClO. The van der Waals surface area contributed by atoms with E-state index in [-0.39, 0.29) is 5.24 Å². The minimum Gasteiger partial charge on any atom is -0.281 e. The quantitative estimate of drug-likeness (QED) is 0.568. The van der Waals surface area contributed by atoms with Crippen molar-refractivity contribution in [1.82, 2.24) is 0 Å². The zero-order valence-corrected chi connectivity index (χ0v) is 7.45. The zero-order valence-electron chi connectivity index (χ0n) is 6.69. The van der Waals surface area contributed by atoms with Crippen molar-refractivity contribution in [2.24, 2.45) is 5.92 Å². The van der Waals surface area contributed by atoms with Gasteiger partial charge in [0.15, 0.2) is 0 Å². The molecular weight excluding hydrogens is 148 g/mol. The van der Waals surface area contributed by atoms with Gasteiger partial charge in [-0.3, -0.25) is 4.79 Å². The van der Waals surface area contributed by atoms with Gasteiger partial charge in [0.2, 0.25) is 5.24 Å². The Kier molecular flexibility index (Phi) is 5.70. The van der Waals surface area contributed by atoms with Crippen molar-refractivity contribution in [3.8, 4) is 0 Å². The molecule has 1 nitrogen and oxygen atoms in total. The van der Waals surface area contributed by atoms with E-state index in [0.29, 0.717) is 12.3 Å². The molecule has 0 aromatic rings. The molecule has 0 aromatic carbocycles. The molecule has 0 aromatic heterocycles. The van der Waals surface area contributed by atoms with Crippen molar-refractivity contribution >= 4 is 16.8 Å². The van der Waals surface area contributed by atoms with E-state index in [2.05, 4.69) is 13.8 Å². The van der Waals surface area contributed by atoms with E-state index >= 15 is 0 Å². The smallest absolute Gasteiger partial charge is 0.221 e. The van der Waals surface area contributed by atoms with Crippen molar-refractivity contribution in [2.75, 3.05) is 0 Å². The second-order valence-electron chi connectivity index (χ2n) is 2.81. The molecule has 10 heavy (non-hydrogen) atoms. The molecule has 0 aliphatic carbocycles. The molecule has 0 aliphatic heterocycles. The van der Waals surface area contributed by atoms with Crippen molar-refractivity contribution in [3.05, 3.63) is 0 Å². The van der Waals surface area contributed by atoms with Gasteiger partial charge in [0.1, 0.15) is 0 Å². The third kappa shape index (κ3) is 6.09. The van der Waals surface area contributed by atoms with Crippen LogP contribution in [0.25, 0.3) is 0 Å². The number of carbonyl (C=O) groups excluding carboxylic acids is 1. The molecule has 2 heteroatoms. The fourth-order valence-electron chi connectivity index (χ4n) is 0.929. The lowest BCUT2D eigenvalue weighted by Gasteiger charge is -2.05. The Morgan fingerprint density at radius 3 is 2.60 bits per heavy atom. The molecule has 0 amide bonds. The Morgan fingerprint density at radius 1 is 1.60 bits per heavy atom. The molecule has 0 aliphatic rings. The van der Waals surface area contributed by atoms with Crippen molar-refractivity contribution < 1.29 is 4.79 Å². The summed E-state index contributed by atoms with van der Waals surface area (Å²) in [5.41, 5.74) is 0. The maximum atomic E-state index is 10.4. The van der Waals surface area contributed by atoms with Gasteiger partial charge in [-0.2, -0.15) is 0 Å². The van der Waals surface area contributed by atoms with Crippen LogP contribution in [0.15, 0.2) is 0 Å². The Morgan fingerprint density at radius 2 is 2.20 bits per heavy atom. The van der Waals surface area contributed by atoms with Crippen LogP contribution in [0.1, 0.15) is 39.5 Å². The first-order valence-electron chi connectivity index (χ1n) is 3.85. The summed E-state index contributed by atoms with van der Waals surface area (Å²) >= 11 is 5.21. The molecule has 1 atom stereocenters. The molecule has 0 bridgehead atoms. The highest BCUT2D eigenvalue weighted by Crippen LogP contribution is 2.12. The van der Waals surface area contributed by atoms with Crippen LogP contribution in [0.5, 0.6) is 0 Å². The summed E-state index contributed by atoms with van der Waals surface area (Å²) in [6.45, 7) is 4.21. The molecule has 0 N–H and O–H groups in total. The number of hydrogen-bond acceptors (Lipinski definition) is 1. The summed E-state index contributed by atoms with van der Waals surface area (Å²) in [5.74, 6) is 0.463. The van der Waals surface area contributed by atoms with Crippen LogP contribution in [-0.2, 0) is 4.79 Å². The Bertz CT molecular complexity index is 101. The topological polar surface area (TPSA) is 17.1 Å². The number of carbonyl (C=O) groups is 1. The minimum atomic E-state index is -0.205. The highest BCUT2D eigenvalue weighted by molar-refractivity contribution is 6.63. The third-order valence-corrected chi connectivity index (χ3v) is 1.71. The van der Waals surface area contributed by atoms with Gasteiger partial charge < -0.3 is 0 Å². The summed E-state index contributed by atoms with van der Waals surface area (Å²) < 4.78 is 0. The Hall–Kier alpha value is -0.0400. The molecule has 0 heterocycles. The lowest BCUT2D eigenvalue weighted by atomic mass is 10.0. The summed E-state index contributed by atoms with van der Waals surface area (Å²) in [7, 11) is 0. The summed E-state index contributed by atoms with van der Waals surface area (Å²) in [4.78, 5) is 10.4. The van der Waals surface area contributed by atoms with E-state index in [4.69, 9.17) is 11.6 Å². The molecule has 0 spiro atoms. The van der Waals surface area contributed by atoms with Crippen LogP contribution in [0.3, 0.4) is 0 Å². The molecule has 0 saturated heterocycles. The summed E-state index contributed by atoms with van der Waals surface area (Å²) in [5, 5.41) is -0.205. The third-order valence-electron chi connectivity index (χ3n) is 1.56. The highest BCUT2D eigenvalue weighted by atomic mass is 35.5. The van der Waals surface area contributed by atoms with Gasteiger partial charge in [0.25, 0.3) is 0 Å². The number of rotatable bonds is 5. The fraction of sp³-hybridized carbons (Fsp3) is 0.875. The first-order chi connectivity index (χ1) is 4.66. The van der Waals surface area contributed by atoms with Crippen LogP contribution < -0.4 is 0 Å². The second-order valence-corrected chi connectivity index (χ2v) is 3.23. The first-order valence-corrected chi connectivity index (χ1v) is 4.23. The molecule has 0 rings (SSSR count). The van der Waals surface area contributed by atoms with Gasteiger partial charge in [0.05, 0.1) is 0 Å². The number of hydrogen-bond donors (Lipinski definition) is 0. The van der Waals surface area contributed by atoms with Crippen molar-refractivity contribution in [2.45, 2.75) is 39.5 Å². The second kappa shape index (κ2) is 5.72. The van der Waals surface area contributed by atoms with Gasteiger partial charge in [0, 0.05) is 6.42 Å².